The maximum absolute atomic E-state index is 5.63. The molecule has 0 aliphatic heterocycles. The highest BCUT2D eigenvalue weighted by molar-refractivity contribution is 5.42. The van der Waals surface area contributed by atoms with Gasteiger partial charge in [-0.3, -0.25) is 0 Å². The van der Waals surface area contributed by atoms with Crippen LogP contribution in [0.3, 0.4) is 0 Å². The summed E-state index contributed by atoms with van der Waals surface area (Å²) in [6, 6.07) is 8.20. The number of nitrogens with zero attached hydrogens (tertiary/aromatic N) is 2. The molecular formula is C14H19N3O. The Labute approximate surface area is 107 Å². The minimum Gasteiger partial charge on any atom is -0.481 e. The van der Waals surface area contributed by atoms with E-state index in [1.165, 1.54) is 5.56 Å². The first-order chi connectivity index (χ1) is 8.67. The van der Waals surface area contributed by atoms with Crippen LogP contribution in [-0.4, -0.2) is 23.4 Å². The van der Waals surface area contributed by atoms with Gasteiger partial charge >= 0.3 is 0 Å². The van der Waals surface area contributed by atoms with E-state index >= 15 is 0 Å². The van der Waals surface area contributed by atoms with Gasteiger partial charge in [0.25, 0.3) is 0 Å². The van der Waals surface area contributed by atoms with Crippen molar-refractivity contribution in [1.29, 1.82) is 0 Å². The minimum atomic E-state index is 0.594. The Morgan fingerprint density at radius 3 is 2.44 bits per heavy atom. The largest absolute Gasteiger partial charge is 0.481 e. The second-order valence-electron chi connectivity index (χ2n) is 4.36. The fourth-order valence-electron chi connectivity index (χ4n) is 2.04. The lowest BCUT2D eigenvalue weighted by molar-refractivity contribution is 0.379. The van der Waals surface area contributed by atoms with Crippen LogP contribution in [0.15, 0.2) is 24.3 Å². The molecule has 0 aliphatic carbocycles. The highest BCUT2D eigenvalue weighted by atomic mass is 16.5. The van der Waals surface area contributed by atoms with Crippen LogP contribution in [0.4, 0.5) is 0 Å². The number of hydrogen-bond donors (Lipinski definition) is 1. The van der Waals surface area contributed by atoms with Gasteiger partial charge in [0.2, 0.25) is 5.88 Å². The molecule has 0 radical (unpaired) electrons. The van der Waals surface area contributed by atoms with Crippen LogP contribution in [-0.2, 0) is 6.42 Å². The Morgan fingerprint density at radius 1 is 1.22 bits per heavy atom. The van der Waals surface area contributed by atoms with Gasteiger partial charge in [-0.2, -0.15) is 5.10 Å². The van der Waals surface area contributed by atoms with Gasteiger partial charge in [-0.05, 0) is 38.9 Å². The van der Waals surface area contributed by atoms with Crippen molar-refractivity contribution < 1.29 is 4.74 Å². The molecule has 0 bridgehead atoms. The van der Waals surface area contributed by atoms with Crippen molar-refractivity contribution in [2.24, 2.45) is 5.73 Å². The SMILES string of the molecule is COc1c(CCN)c(C)nn1-c1ccc(C)cc1. The quantitative estimate of drug-likeness (QED) is 0.896. The van der Waals surface area contributed by atoms with Crippen LogP contribution in [0.25, 0.3) is 5.69 Å². The molecule has 0 atom stereocenters. The normalized spacial score (nSPS) is 10.7. The molecule has 0 unspecified atom stereocenters. The highest BCUT2D eigenvalue weighted by Gasteiger charge is 2.16. The average Bonchev–Trinajstić information content (AvgIpc) is 2.68. The molecule has 4 nitrogen and oxygen atoms in total. The van der Waals surface area contributed by atoms with Crippen LogP contribution < -0.4 is 10.5 Å². The predicted molar refractivity (Wildman–Crippen MR) is 72.3 cm³/mol. The Hall–Kier alpha value is -1.81. The summed E-state index contributed by atoms with van der Waals surface area (Å²) in [6.45, 7) is 4.64. The maximum atomic E-state index is 5.63. The van der Waals surface area contributed by atoms with Crippen molar-refractivity contribution in [3.05, 3.63) is 41.1 Å². The van der Waals surface area contributed by atoms with Crippen molar-refractivity contribution >= 4 is 0 Å². The first kappa shape index (κ1) is 12.6. The molecule has 0 saturated heterocycles. The zero-order valence-corrected chi connectivity index (χ0v) is 11.1. The van der Waals surface area contributed by atoms with E-state index in [1.54, 1.807) is 7.11 Å². The molecule has 18 heavy (non-hydrogen) atoms. The third-order valence-corrected chi connectivity index (χ3v) is 3.00. The number of aromatic nitrogens is 2. The summed E-state index contributed by atoms with van der Waals surface area (Å²) in [5, 5.41) is 4.54. The van der Waals surface area contributed by atoms with Crippen molar-refractivity contribution in [3.8, 4) is 11.6 Å². The van der Waals surface area contributed by atoms with Crippen molar-refractivity contribution in [2.75, 3.05) is 13.7 Å². The average molecular weight is 245 g/mol. The topological polar surface area (TPSA) is 53.1 Å². The molecule has 1 aromatic carbocycles. The van der Waals surface area contributed by atoms with Crippen molar-refractivity contribution in [2.45, 2.75) is 20.3 Å². The maximum Gasteiger partial charge on any atom is 0.219 e. The Morgan fingerprint density at radius 2 is 1.89 bits per heavy atom. The molecule has 1 aromatic heterocycles. The summed E-state index contributed by atoms with van der Waals surface area (Å²) in [6.07, 6.45) is 0.779. The van der Waals surface area contributed by atoms with E-state index < -0.39 is 0 Å². The van der Waals surface area contributed by atoms with Crippen molar-refractivity contribution in [3.63, 3.8) is 0 Å². The molecule has 0 aliphatic rings. The fourth-order valence-corrected chi connectivity index (χ4v) is 2.04. The third-order valence-electron chi connectivity index (χ3n) is 3.00. The second-order valence-corrected chi connectivity index (χ2v) is 4.36. The summed E-state index contributed by atoms with van der Waals surface area (Å²) < 4.78 is 7.31. The zero-order chi connectivity index (χ0) is 13.1. The fraction of sp³-hybridized carbons (Fsp3) is 0.357. The van der Waals surface area contributed by atoms with Gasteiger partial charge in [0.1, 0.15) is 0 Å². The number of hydrogen-bond acceptors (Lipinski definition) is 3. The molecule has 2 aromatic rings. The molecule has 4 heteroatoms. The van der Waals surface area contributed by atoms with Crippen molar-refractivity contribution in [1.82, 2.24) is 9.78 Å². The van der Waals surface area contributed by atoms with Crippen LogP contribution in [0.1, 0.15) is 16.8 Å². The lowest BCUT2D eigenvalue weighted by Crippen LogP contribution is -2.05. The van der Waals surface area contributed by atoms with E-state index in [0.717, 1.165) is 29.2 Å². The van der Waals surface area contributed by atoms with Gasteiger partial charge in [0, 0.05) is 5.56 Å². The zero-order valence-electron chi connectivity index (χ0n) is 11.1. The van der Waals surface area contributed by atoms with Crippen LogP contribution in [0.2, 0.25) is 0 Å². The van der Waals surface area contributed by atoms with Gasteiger partial charge in [-0.15, -0.1) is 0 Å². The second kappa shape index (κ2) is 5.23. The number of nitrogens with two attached hydrogens (primary N) is 1. The molecule has 2 N–H and O–H groups in total. The molecule has 0 spiro atoms. The summed E-state index contributed by atoms with van der Waals surface area (Å²) in [7, 11) is 1.67. The Bertz CT molecular complexity index is 529. The first-order valence-electron chi connectivity index (χ1n) is 6.07. The predicted octanol–water partition coefficient (Wildman–Crippen LogP) is 2.00. The minimum absolute atomic E-state index is 0.594. The summed E-state index contributed by atoms with van der Waals surface area (Å²) >= 11 is 0. The number of rotatable bonds is 4. The molecule has 1 heterocycles. The number of benzene rings is 1. The first-order valence-corrected chi connectivity index (χ1v) is 6.07. The van der Waals surface area contributed by atoms with E-state index in [2.05, 4.69) is 24.2 Å². The number of aryl methyl sites for hydroxylation is 2. The highest BCUT2D eigenvalue weighted by Crippen LogP contribution is 2.26. The summed E-state index contributed by atoms with van der Waals surface area (Å²) in [5.41, 5.74) is 9.91. The van der Waals surface area contributed by atoms with Crippen LogP contribution >= 0.6 is 0 Å². The smallest absolute Gasteiger partial charge is 0.219 e. The van der Waals surface area contributed by atoms with Gasteiger partial charge in [-0.25, -0.2) is 4.68 Å². The Balaban J connectivity index is 2.50. The lowest BCUT2D eigenvalue weighted by Gasteiger charge is -2.08. The van der Waals surface area contributed by atoms with E-state index in [-0.39, 0.29) is 0 Å². The standard InChI is InChI=1S/C14H19N3O/c1-10-4-6-12(7-5-10)17-14(18-3)13(8-9-15)11(2)16-17/h4-7H,8-9,15H2,1-3H3. The summed E-state index contributed by atoms with van der Waals surface area (Å²) in [4.78, 5) is 0. The molecular weight excluding hydrogens is 226 g/mol. The molecule has 0 saturated carbocycles. The van der Waals surface area contributed by atoms with E-state index in [0.29, 0.717) is 6.54 Å². The molecule has 96 valence electrons. The van der Waals surface area contributed by atoms with Crippen LogP contribution in [0.5, 0.6) is 5.88 Å². The lowest BCUT2D eigenvalue weighted by atomic mass is 10.2. The number of methoxy groups -OCH3 is 1. The van der Waals surface area contributed by atoms with E-state index in [9.17, 15) is 0 Å². The monoisotopic (exact) mass is 245 g/mol. The Kier molecular flexibility index (Phi) is 3.67. The van der Waals surface area contributed by atoms with E-state index in [4.69, 9.17) is 10.5 Å². The third kappa shape index (κ3) is 2.24. The van der Waals surface area contributed by atoms with Gasteiger partial charge < -0.3 is 10.5 Å². The molecule has 2 rings (SSSR count). The van der Waals surface area contributed by atoms with Gasteiger partial charge in [0.15, 0.2) is 0 Å². The van der Waals surface area contributed by atoms with Gasteiger partial charge in [-0.1, -0.05) is 17.7 Å². The van der Waals surface area contributed by atoms with E-state index in [1.807, 2.05) is 23.7 Å². The molecule has 0 amide bonds. The van der Waals surface area contributed by atoms with Crippen LogP contribution in [0, 0.1) is 13.8 Å². The molecule has 0 fully saturated rings. The van der Waals surface area contributed by atoms with Gasteiger partial charge in [0.05, 0.1) is 18.5 Å². The summed E-state index contributed by atoms with van der Waals surface area (Å²) in [5.74, 6) is 0.779. The number of ether oxygens (including phenoxy) is 1.